The van der Waals surface area contributed by atoms with Crippen LogP contribution < -0.4 is 0 Å². The number of benzene rings is 1. The summed E-state index contributed by atoms with van der Waals surface area (Å²) < 4.78 is 0. The molecule has 1 aromatic heterocycles. The van der Waals surface area contributed by atoms with E-state index in [4.69, 9.17) is 16.7 Å². The Labute approximate surface area is 115 Å². The number of carbonyl (C=O) groups excluding carboxylic acids is 1. The van der Waals surface area contributed by atoms with Crippen molar-refractivity contribution >= 4 is 23.4 Å². The third-order valence-corrected chi connectivity index (χ3v) is 3.26. The number of rotatable bonds is 4. The number of aromatic nitrogens is 1. The molecule has 2 aromatic rings. The van der Waals surface area contributed by atoms with Crippen LogP contribution in [0.1, 0.15) is 27.2 Å². The van der Waals surface area contributed by atoms with Crippen molar-refractivity contribution in [1.82, 2.24) is 4.98 Å². The van der Waals surface area contributed by atoms with E-state index in [1.54, 1.807) is 37.4 Å². The predicted octanol–water partition coefficient (Wildman–Crippen LogP) is 2.83. The quantitative estimate of drug-likeness (QED) is 0.844. The first-order valence-electron chi connectivity index (χ1n) is 5.68. The minimum absolute atomic E-state index is 0.113. The molecule has 98 valence electrons. The topological polar surface area (TPSA) is 70.2 Å². The summed E-state index contributed by atoms with van der Waals surface area (Å²) in [6.07, 6.45) is 1.44. The Hall–Kier alpha value is -2.07. The molecule has 1 aromatic carbocycles. The maximum Gasteiger partial charge on any atom is 0.307 e. The van der Waals surface area contributed by atoms with Crippen molar-refractivity contribution < 1.29 is 14.7 Å². The van der Waals surface area contributed by atoms with Gasteiger partial charge in [-0.15, -0.1) is 0 Å². The smallest absolute Gasteiger partial charge is 0.307 e. The molecular formula is C14H12ClNO3. The highest BCUT2D eigenvalue weighted by Crippen LogP contribution is 2.22. The number of carboxylic acids is 1. The summed E-state index contributed by atoms with van der Waals surface area (Å²) in [5.41, 5.74) is 2.02. The molecular weight excluding hydrogens is 266 g/mol. The van der Waals surface area contributed by atoms with Crippen molar-refractivity contribution in [2.24, 2.45) is 0 Å². The van der Waals surface area contributed by atoms with Crippen LogP contribution in [0.3, 0.4) is 0 Å². The Kier molecular flexibility index (Phi) is 3.71. The Morgan fingerprint density at radius 2 is 2.00 bits per heavy atom. The number of halogens is 1. The van der Waals surface area contributed by atoms with Gasteiger partial charge >= 0.3 is 5.97 Å². The van der Waals surface area contributed by atoms with Gasteiger partial charge in [-0.05, 0) is 30.2 Å². The van der Waals surface area contributed by atoms with Crippen LogP contribution in [0.2, 0.25) is 5.02 Å². The Bertz CT molecular complexity index is 646. The van der Waals surface area contributed by atoms with Crippen LogP contribution in [-0.4, -0.2) is 21.8 Å². The average Bonchev–Trinajstić information content (AvgIpc) is 2.70. The summed E-state index contributed by atoms with van der Waals surface area (Å²) in [5.74, 6) is -1.17. The van der Waals surface area contributed by atoms with Gasteiger partial charge < -0.3 is 10.1 Å². The number of aliphatic carboxylic acids is 1. The van der Waals surface area contributed by atoms with Crippen LogP contribution in [0.15, 0.2) is 30.5 Å². The van der Waals surface area contributed by atoms with Gasteiger partial charge in [-0.25, -0.2) is 0 Å². The number of nitrogens with one attached hydrogen (secondary N) is 1. The largest absolute Gasteiger partial charge is 0.481 e. The molecule has 0 aliphatic rings. The molecule has 5 heteroatoms. The third kappa shape index (κ3) is 2.69. The molecule has 0 saturated heterocycles. The predicted molar refractivity (Wildman–Crippen MR) is 71.8 cm³/mol. The molecule has 0 bridgehead atoms. The molecule has 19 heavy (non-hydrogen) atoms. The van der Waals surface area contributed by atoms with Crippen molar-refractivity contribution in [1.29, 1.82) is 0 Å². The zero-order chi connectivity index (χ0) is 14.0. The molecule has 0 aliphatic heterocycles. The van der Waals surface area contributed by atoms with E-state index in [1.165, 1.54) is 0 Å². The van der Waals surface area contributed by atoms with E-state index >= 15 is 0 Å². The number of H-pyrrole nitrogens is 1. The summed E-state index contributed by atoms with van der Waals surface area (Å²) in [6, 6.07) is 6.76. The molecule has 0 aliphatic carbocycles. The second-order valence-electron chi connectivity index (χ2n) is 4.19. The summed E-state index contributed by atoms with van der Waals surface area (Å²) in [4.78, 5) is 25.9. The molecule has 0 atom stereocenters. The highest BCUT2D eigenvalue weighted by atomic mass is 35.5. The van der Waals surface area contributed by atoms with Crippen LogP contribution in [0.4, 0.5) is 0 Å². The van der Waals surface area contributed by atoms with Gasteiger partial charge in [-0.1, -0.05) is 23.7 Å². The van der Waals surface area contributed by atoms with Crippen molar-refractivity contribution in [2.45, 2.75) is 13.3 Å². The van der Waals surface area contributed by atoms with Crippen LogP contribution in [0, 0.1) is 6.92 Å². The number of carboxylic acid groups (broad SMARTS) is 1. The highest BCUT2D eigenvalue weighted by molar-refractivity contribution is 6.34. The number of ketones is 1. The minimum Gasteiger partial charge on any atom is -0.481 e. The number of hydrogen-bond acceptors (Lipinski definition) is 2. The lowest BCUT2D eigenvalue weighted by Gasteiger charge is -2.03. The summed E-state index contributed by atoms with van der Waals surface area (Å²) in [5, 5.41) is 9.16. The normalized spacial score (nSPS) is 10.4. The fourth-order valence-corrected chi connectivity index (χ4v) is 2.12. The van der Waals surface area contributed by atoms with Crippen LogP contribution in [0.5, 0.6) is 0 Å². The Balaban J connectivity index is 2.38. The zero-order valence-electron chi connectivity index (χ0n) is 10.2. The molecule has 2 rings (SSSR count). The van der Waals surface area contributed by atoms with Crippen molar-refractivity contribution in [3.05, 3.63) is 57.9 Å². The van der Waals surface area contributed by atoms with Crippen LogP contribution in [-0.2, 0) is 11.2 Å². The molecule has 0 saturated carbocycles. The van der Waals surface area contributed by atoms with Crippen molar-refractivity contribution in [2.75, 3.05) is 0 Å². The highest BCUT2D eigenvalue weighted by Gasteiger charge is 2.18. The Morgan fingerprint density at radius 1 is 1.32 bits per heavy atom. The average molecular weight is 278 g/mol. The van der Waals surface area contributed by atoms with Gasteiger partial charge in [0.1, 0.15) is 0 Å². The van der Waals surface area contributed by atoms with E-state index in [9.17, 15) is 9.59 Å². The first-order valence-corrected chi connectivity index (χ1v) is 6.06. The van der Waals surface area contributed by atoms with Crippen molar-refractivity contribution in [3.63, 3.8) is 0 Å². The summed E-state index contributed by atoms with van der Waals surface area (Å²) in [6.45, 7) is 1.72. The van der Waals surface area contributed by atoms with Crippen LogP contribution in [0.25, 0.3) is 0 Å². The first kappa shape index (κ1) is 13.4. The molecule has 2 N–H and O–H groups in total. The van der Waals surface area contributed by atoms with Gasteiger partial charge in [0.25, 0.3) is 0 Å². The van der Waals surface area contributed by atoms with E-state index in [-0.39, 0.29) is 12.2 Å². The summed E-state index contributed by atoms with van der Waals surface area (Å²) in [7, 11) is 0. The van der Waals surface area contributed by atoms with E-state index in [2.05, 4.69) is 4.98 Å². The maximum absolute atomic E-state index is 12.3. The number of hydrogen-bond donors (Lipinski definition) is 2. The van der Waals surface area contributed by atoms with Gasteiger partial charge in [0.2, 0.25) is 5.78 Å². The van der Waals surface area contributed by atoms with Gasteiger partial charge in [-0.3, -0.25) is 9.59 Å². The fraction of sp³-hybridized carbons (Fsp3) is 0.143. The van der Waals surface area contributed by atoms with Gasteiger partial charge in [0.05, 0.1) is 17.1 Å². The monoisotopic (exact) mass is 277 g/mol. The second kappa shape index (κ2) is 5.28. The third-order valence-electron chi connectivity index (χ3n) is 2.93. The molecule has 1 heterocycles. The molecule has 0 fully saturated rings. The lowest BCUT2D eigenvalue weighted by atomic mass is 10.0. The molecule has 0 radical (unpaired) electrons. The molecule has 0 amide bonds. The SMILES string of the molecule is Cc1c(CC(=O)O)c[nH]c1C(=O)c1ccccc1Cl. The molecule has 0 unspecified atom stereocenters. The Morgan fingerprint density at radius 3 is 2.63 bits per heavy atom. The van der Waals surface area contributed by atoms with Gasteiger partial charge in [0.15, 0.2) is 0 Å². The van der Waals surface area contributed by atoms with Crippen LogP contribution >= 0.6 is 11.6 Å². The zero-order valence-corrected chi connectivity index (χ0v) is 11.0. The summed E-state index contributed by atoms with van der Waals surface area (Å²) >= 11 is 5.98. The maximum atomic E-state index is 12.3. The lowest BCUT2D eigenvalue weighted by molar-refractivity contribution is -0.136. The van der Waals surface area contributed by atoms with Gasteiger partial charge in [0, 0.05) is 11.8 Å². The standard InChI is InChI=1S/C14H12ClNO3/c1-8-9(6-12(17)18)7-16-13(8)14(19)10-4-2-3-5-11(10)15/h2-5,7,16H,6H2,1H3,(H,17,18). The van der Waals surface area contributed by atoms with E-state index in [0.717, 1.165) is 0 Å². The molecule has 0 spiro atoms. The second-order valence-corrected chi connectivity index (χ2v) is 4.60. The number of carbonyl (C=O) groups is 2. The number of aromatic amines is 1. The molecule has 4 nitrogen and oxygen atoms in total. The minimum atomic E-state index is -0.932. The first-order chi connectivity index (χ1) is 9.00. The van der Waals surface area contributed by atoms with E-state index < -0.39 is 5.97 Å². The van der Waals surface area contributed by atoms with E-state index in [0.29, 0.717) is 27.4 Å². The van der Waals surface area contributed by atoms with Gasteiger partial charge in [-0.2, -0.15) is 0 Å². The van der Waals surface area contributed by atoms with E-state index in [1.807, 2.05) is 0 Å². The fourth-order valence-electron chi connectivity index (χ4n) is 1.90. The van der Waals surface area contributed by atoms with Crippen molar-refractivity contribution in [3.8, 4) is 0 Å². The lowest BCUT2D eigenvalue weighted by Crippen LogP contribution is -2.05.